The fraction of sp³-hybridized carbons (Fsp3) is 0.200. The SMILES string of the molecule is Cc1nc(CN(C(=O)CCc2nc(-c3ccsc3)no2)c2ccc(F)cc2)cs1. The number of thiophene rings is 1. The second kappa shape index (κ2) is 8.62. The third-order valence-electron chi connectivity index (χ3n) is 4.23. The number of anilines is 1. The average molecular weight is 429 g/mol. The number of aromatic nitrogens is 3. The Balaban J connectivity index is 1.48. The zero-order valence-corrected chi connectivity index (χ0v) is 17.2. The molecule has 0 aliphatic carbocycles. The minimum absolute atomic E-state index is 0.127. The number of aryl methyl sites for hydroxylation is 2. The van der Waals surface area contributed by atoms with Crippen molar-refractivity contribution >= 4 is 34.3 Å². The number of thiazole rings is 1. The molecule has 0 saturated carbocycles. The van der Waals surface area contributed by atoms with E-state index in [1.807, 2.05) is 29.1 Å². The summed E-state index contributed by atoms with van der Waals surface area (Å²) in [6.45, 7) is 2.23. The van der Waals surface area contributed by atoms with Crippen molar-refractivity contribution in [3.05, 3.63) is 68.9 Å². The van der Waals surface area contributed by atoms with Crippen LogP contribution < -0.4 is 4.90 Å². The molecule has 148 valence electrons. The molecule has 0 atom stereocenters. The lowest BCUT2D eigenvalue weighted by atomic mass is 10.2. The second-order valence-electron chi connectivity index (χ2n) is 6.34. The lowest BCUT2D eigenvalue weighted by Gasteiger charge is -2.22. The van der Waals surface area contributed by atoms with Gasteiger partial charge in [-0.05, 0) is 42.6 Å². The molecule has 0 radical (unpaired) electrons. The maximum Gasteiger partial charge on any atom is 0.227 e. The summed E-state index contributed by atoms with van der Waals surface area (Å²) in [6.07, 6.45) is 0.509. The van der Waals surface area contributed by atoms with Crippen LogP contribution in [0.1, 0.15) is 23.0 Å². The molecule has 1 aromatic carbocycles. The Hall–Kier alpha value is -2.91. The third-order valence-corrected chi connectivity index (χ3v) is 5.73. The minimum atomic E-state index is -0.350. The van der Waals surface area contributed by atoms with Gasteiger partial charge in [0.2, 0.25) is 17.6 Å². The van der Waals surface area contributed by atoms with Gasteiger partial charge in [0.15, 0.2) is 0 Å². The van der Waals surface area contributed by atoms with Gasteiger partial charge in [-0.15, -0.1) is 11.3 Å². The Bertz CT molecular complexity index is 1090. The summed E-state index contributed by atoms with van der Waals surface area (Å²) >= 11 is 3.08. The summed E-state index contributed by atoms with van der Waals surface area (Å²) in [5.41, 5.74) is 2.30. The Morgan fingerprint density at radius 2 is 2.00 bits per heavy atom. The van der Waals surface area contributed by atoms with Gasteiger partial charge >= 0.3 is 0 Å². The Labute approximate surface area is 174 Å². The quantitative estimate of drug-likeness (QED) is 0.420. The van der Waals surface area contributed by atoms with Crippen LogP contribution in [-0.2, 0) is 17.8 Å². The van der Waals surface area contributed by atoms with Crippen LogP contribution in [0.4, 0.5) is 10.1 Å². The Kier molecular flexibility index (Phi) is 5.77. The summed E-state index contributed by atoms with van der Waals surface area (Å²) in [7, 11) is 0. The van der Waals surface area contributed by atoms with Crippen molar-refractivity contribution in [2.24, 2.45) is 0 Å². The number of benzene rings is 1. The van der Waals surface area contributed by atoms with Gasteiger partial charge in [0, 0.05) is 34.9 Å². The van der Waals surface area contributed by atoms with Crippen LogP contribution in [0.5, 0.6) is 0 Å². The van der Waals surface area contributed by atoms with Gasteiger partial charge in [0.25, 0.3) is 0 Å². The molecule has 1 amide bonds. The molecule has 0 fully saturated rings. The highest BCUT2D eigenvalue weighted by atomic mass is 32.1. The van der Waals surface area contributed by atoms with Gasteiger partial charge in [0.05, 0.1) is 17.2 Å². The number of halogens is 1. The van der Waals surface area contributed by atoms with E-state index in [9.17, 15) is 9.18 Å². The summed E-state index contributed by atoms with van der Waals surface area (Å²) in [5, 5.41) is 10.7. The molecule has 0 unspecified atom stereocenters. The molecule has 0 N–H and O–H groups in total. The van der Waals surface area contributed by atoms with Crippen LogP contribution in [0.25, 0.3) is 11.4 Å². The largest absolute Gasteiger partial charge is 0.339 e. The predicted molar refractivity (Wildman–Crippen MR) is 110 cm³/mol. The molecule has 4 aromatic rings. The van der Waals surface area contributed by atoms with Gasteiger partial charge < -0.3 is 9.42 Å². The Morgan fingerprint density at radius 1 is 1.17 bits per heavy atom. The van der Waals surface area contributed by atoms with E-state index in [2.05, 4.69) is 15.1 Å². The van der Waals surface area contributed by atoms with Crippen molar-refractivity contribution in [3.63, 3.8) is 0 Å². The molecule has 0 saturated heterocycles. The van der Waals surface area contributed by atoms with Gasteiger partial charge in [-0.3, -0.25) is 4.79 Å². The maximum atomic E-state index is 13.3. The average Bonchev–Trinajstić information content (AvgIpc) is 3.47. The highest BCUT2D eigenvalue weighted by molar-refractivity contribution is 7.09. The van der Waals surface area contributed by atoms with E-state index in [4.69, 9.17) is 4.52 Å². The lowest BCUT2D eigenvalue weighted by Crippen LogP contribution is -2.30. The molecule has 4 rings (SSSR count). The molecular weight excluding hydrogens is 411 g/mol. The highest BCUT2D eigenvalue weighted by Gasteiger charge is 2.19. The van der Waals surface area contributed by atoms with Gasteiger partial charge in [-0.25, -0.2) is 9.37 Å². The number of hydrogen-bond donors (Lipinski definition) is 0. The van der Waals surface area contributed by atoms with E-state index >= 15 is 0 Å². The van der Waals surface area contributed by atoms with Crippen molar-refractivity contribution in [3.8, 4) is 11.4 Å². The van der Waals surface area contributed by atoms with E-state index in [1.54, 1.807) is 28.4 Å². The topological polar surface area (TPSA) is 72.1 Å². The molecule has 3 heterocycles. The monoisotopic (exact) mass is 428 g/mol. The van der Waals surface area contributed by atoms with E-state index in [0.717, 1.165) is 16.3 Å². The van der Waals surface area contributed by atoms with E-state index in [0.29, 0.717) is 30.4 Å². The molecular formula is C20H17FN4O2S2. The summed E-state index contributed by atoms with van der Waals surface area (Å²) < 4.78 is 18.6. The molecule has 0 aliphatic heterocycles. The third kappa shape index (κ3) is 4.75. The number of nitrogens with zero attached hydrogens (tertiary/aromatic N) is 4. The van der Waals surface area contributed by atoms with Crippen LogP contribution in [0.3, 0.4) is 0 Å². The maximum absolute atomic E-state index is 13.3. The lowest BCUT2D eigenvalue weighted by molar-refractivity contribution is -0.118. The standard InChI is InChI=1S/C20H17FN4O2S2/c1-13-22-16(12-29-13)10-25(17-4-2-15(21)3-5-17)19(26)7-6-18-23-20(24-27-18)14-8-9-28-11-14/h2-5,8-9,11-12H,6-7,10H2,1H3. The summed E-state index contributed by atoms with van der Waals surface area (Å²) in [6, 6.07) is 7.78. The first kappa shape index (κ1) is 19.4. The fourth-order valence-corrected chi connectivity index (χ4v) is 4.04. The van der Waals surface area contributed by atoms with Crippen molar-refractivity contribution in [2.75, 3.05) is 4.90 Å². The molecule has 0 spiro atoms. The number of carbonyl (C=O) groups excluding carboxylic acids is 1. The molecule has 0 aliphatic rings. The molecule has 9 heteroatoms. The van der Waals surface area contributed by atoms with Crippen molar-refractivity contribution in [2.45, 2.75) is 26.3 Å². The smallest absolute Gasteiger partial charge is 0.227 e. The fourth-order valence-electron chi connectivity index (χ4n) is 2.80. The normalized spacial score (nSPS) is 11.0. The molecule has 29 heavy (non-hydrogen) atoms. The van der Waals surface area contributed by atoms with Crippen LogP contribution in [0.2, 0.25) is 0 Å². The second-order valence-corrected chi connectivity index (χ2v) is 8.18. The number of rotatable bonds is 7. The zero-order chi connectivity index (χ0) is 20.2. The number of amides is 1. The van der Waals surface area contributed by atoms with Crippen LogP contribution in [0.15, 0.2) is 51.0 Å². The molecule has 3 aromatic heterocycles. The van der Waals surface area contributed by atoms with E-state index < -0.39 is 0 Å². The van der Waals surface area contributed by atoms with Crippen molar-refractivity contribution in [1.82, 2.24) is 15.1 Å². The van der Waals surface area contributed by atoms with E-state index in [-0.39, 0.29) is 18.1 Å². The predicted octanol–water partition coefficient (Wildman–Crippen LogP) is 4.87. The Morgan fingerprint density at radius 3 is 2.69 bits per heavy atom. The van der Waals surface area contributed by atoms with Crippen LogP contribution >= 0.6 is 22.7 Å². The first-order valence-corrected chi connectivity index (χ1v) is 10.7. The van der Waals surface area contributed by atoms with E-state index in [1.165, 1.54) is 23.5 Å². The van der Waals surface area contributed by atoms with Crippen LogP contribution in [0, 0.1) is 12.7 Å². The summed E-state index contributed by atoms with van der Waals surface area (Å²) in [4.78, 5) is 23.4. The number of carbonyl (C=O) groups is 1. The van der Waals surface area contributed by atoms with Crippen molar-refractivity contribution in [1.29, 1.82) is 0 Å². The first-order chi connectivity index (χ1) is 14.1. The van der Waals surface area contributed by atoms with Gasteiger partial charge in [-0.1, -0.05) is 5.16 Å². The van der Waals surface area contributed by atoms with Crippen LogP contribution in [-0.4, -0.2) is 21.0 Å². The first-order valence-electron chi connectivity index (χ1n) is 8.90. The zero-order valence-electron chi connectivity index (χ0n) is 15.5. The summed E-state index contributed by atoms with van der Waals surface area (Å²) in [5.74, 6) is 0.445. The molecule has 0 bridgehead atoms. The van der Waals surface area contributed by atoms with Gasteiger partial charge in [-0.2, -0.15) is 16.3 Å². The van der Waals surface area contributed by atoms with Gasteiger partial charge in [0.1, 0.15) is 5.82 Å². The molecule has 6 nitrogen and oxygen atoms in total. The van der Waals surface area contributed by atoms with Crippen molar-refractivity contribution < 1.29 is 13.7 Å². The number of hydrogen-bond acceptors (Lipinski definition) is 7. The minimum Gasteiger partial charge on any atom is -0.339 e. The highest BCUT2D eigenvalue weighted by Crippen LogP contribution is 2.22.